The number of nitrogens with one attached hydrogen (secondary N) is 1. The lowest BCUT2D eigenvalue weighted by Gasteiger charge is -2.15. The number of carbonyl (C=O) groups is 1. The smallest absolute Gasteiger partial charge is 0.326 e. The Kier molecular flexibility index (Phi) is 4.30. The minimum absolute atomic E-state index is 0.353. The first-order valence-electron chi connectivity index (χ1n) is 6.40. The van der Waals surface area contributed by atoms with Crippen molar-refractivity contribution in [3.05, 3.63) is 53.3 Å². The monoisotopic (exact) mass is 271 g/mol. The number of rotatable bonds is 5. The molecule has 2 rings (SSSR count). The van der Waals surface area contributed by atoms with Crippen LogP contribution in [0.25, 0.3) is 0 Å². The fraction of sp³-hybridized carbons (Fsp3) is 0.267. The maximum atomic E-state index is 11.4. The highest BCUT2D eigenvalue weighted by molar-refractivity contribution is 5.77. The average molecular weight is 271 g/mol. The van der Waals surface area contributed by atoms with Crippen LogP contribution in [0.15, 0.2) is 36.4 Å². The summed E-state index contributed by atoms with van der Waals surface area (Å²) in [4.78, 5) is 19.8. The number of nitrogens with zero attached hydrogens (tertiary/aromatic N) is 2. The van der Waals surface area contributed by atoms with E-state index in [9.17, 15) is 9.90 Å². The molecular weight excluding hydrogens is 254 g/mol. The van der Waals surface area contributed by atoms with E-state index in [1.807, 2.05) is 50.2 Å². The predicted molar refractivity (Wildman–Crippen MR) is 76.7 cm³/mol. The molecule has 0 radical (unpaired) electrons. The summed E-state index contributed by atoms with van der Waals surface area (Å²) >= 11 is 0. The van der Waals surface area contributed by atoms with Crippen LogP contribution in [0.1, 0.15) is 17.0 Å². The van der Waals surface area contributed by atoms with Crippen LogP contribution < -0.4 is 5.32 Å². The Balaban J connectivity index is 2.15. The van der Waals surface area contributed by atoms with Crippen LogP contribution in [0, 0.1) is 13.8 Å². The molecule has 2 aromatic rings. The maximum absolute atomic E-state index is 11.4. The molecule has 2 N–H and O–H groups in total. The zero-order valence-electron chi connectivity index (χ0n) is 11.5. The molecule has 1 aromatic carbocycles. The molecule has 0 saturated carbocycles. The molecule has 0 aliphatic carbocycles. The number of benzene rings is 1. The second kappa shape index (κ2) is 6.14. The number of aliphatic carboxylic acids is 1. The fourth-order valence-corrected chi connectivity index (χ4v) is 2.00. The van der Waals surface area contributed by atoms with Crippen LogP contribution >= 0.6 is 0 Å². The molecule has 20 heavy (non-hydrogen) atoms. The fourth-order valence-electron chi connectivity index (χ4n) is 2.00. The molecule has 104 valence electrons. The minimum Gasteiger partial charge on any atom is -0.480 e. The summed E-state index contributed by atoms with van der Waals surface area (Å²) in [6, 6.07) is 10.6. The van der Waals surface area contributed by atoms with Gasteiger partial charge in [-0.05, 0) is 25.5 Å². The molecule has 0 bridgehead atoms. The van der Waals surface area contributed by atoms with Gasteiger partial charge in [0.15, 0.2) is 0 Å². The van der Waals surface area contributed by atoms with E-state index in [4.69, 9.17) is 0 Å². The first kappa shape index (κ1) is 14.0. The summed E-state index contributed by atoms with van der Waals surface area (Å²) in [6.45, 7) is 3.71. The van der Waals surface area contributed by atoms with E-state index >= 15 is 0 Å². The van der Waals surface area contributed by atoms with E-state index in [1.54, 1.807) is 0 Å². The van der Waals surface area contributed by atoms with Crippen molar-refractivity contribution >= 4 is 11.9 Å². The number of carboxylic acid groups (broad SMARTS) is 1. The van der Waals surface area contributed by atoms with E-state index in [-0.39, 0.29) is 0 Å². The van der Waals surface area contributed by atoms with E-state index in [0.717, 1.165) is 17.0 Å². The van der Waals surface area contributed by atoms with Crippen molar-refractivity contribution in [3.63, 3.8) is 0 Å². The van der Waals surface area contributed by atoms with Crippen molar-refractivity contribution < 1.29 is 9.90 Å². The van der Waals surface area contributed by atoms with Crippen molar-refractivity contribution in [2.24, 2.45) is 0 Å². The van der Waals surface area contributed by atoms with Gasteiger partial charge in [-0.3, -0.25) is 0 Å². The molecule has 0 unspecified atom stereocenters. The van der Waals surface area contributed by atoms with Gasteiger partial charge in [0.2, 0.25) is 5.95 Å². The van der Waals surface area contributed by atoms with E-state index < -0.39 is 12.0 Å². The van der Waals surface area contributed by atoms with Gasteiger partial charge in [0, 0.05) is 17.8 Å². The third-order valence-corrected chi connectivity index (χ3v) is 2.87. The number of aryl methyl sites for hydroxylation is 2. The number of hydrogen-bond donors (Lipinski definition) is 2. The molecule has 1 atom stereocenters. The lowest BCUT2D eigenvalue weighted by molar-refractivity contribution is -0.137. The van der Waals surface area contributed by atoms with Gasteiger partial charge in [-0.15, -0.1) is 0 Å². The lowest BCUT2D eigenvalue weighted by atomic mass is 10.1. The summed E-state index contributed by atoms with van der Waals surface area (Å²) in [7, 11) is 0. The molecule has 0 fully saturated rings. The highest BCUT2D eigenvalue weighted by Crippen LogP contribution is 2.09. The summed E-state index contributed by atoms with van der Waals surface area (Å²) in [5.74, 6) is -0.567. The van der Waals surface area contributed by atoms with E-state index in [2.05, 4.69) is 15.3 Å². The molecule has 0 saturated heterocycles. The van der Waals surface area contributed by atoms with Crippen molar-refractivity contribution in [3.8, 4) is 0 Å². The van der Waals surface area contributed by atoms with Gasteiger partial charge < -0.3 is 10.4 Å². The van der Waals surface area contributed by atoms with Crippen molar-refractivity contribution in [1.29, 1.82) is 0 Å². The number of hydrogen-bond acceptors (Lipinski definition) is 4. The third-order valence-electron chi connectivity index (χ3n) is 2.87. The molecule has 0 aliphatic heterocycles. The van der Waals surface area contributed by atoms with Crippen LogP contribution in [-0.2, 0) is 11.2 Å². The molecule has 1 heterocycles. The van der Waals surface area contributed by atoms with Gasteiger partial charge in [0.25, 0.3) is 0 Å². The van der Waals surface area contributed by atoms with E-state index in [0.29, 0.717) is 12.4 Å². The zero-order chi connectivity index (χ0) is 14.5. The summed E-state index contributed by atoms with van der Waals surface area (Å²) < 4.78 is 0. The van der Waals surface area contributed by atoms with Gasteiger partial charge in [-0.25, -0.2) is 14.8 Å². The molecule has 1 aromatic heterocycles. The molecule has 0 amide bonds. The van der Waals surface area contributed by atoms with Gasteiger partial charge in [-0.2, -0.15) is 0 Å². The molecule has 0 aliphatic rings. The Bertz CT molecular complexity index is 579. The predicted octanol–water partition coefficient (Wildman–Crippen LogP) is 2.20. The Morgan fingerprint density at radius 3 is 2.35 bits per heavy atom. The second-order valence-electron chi connectivity index (χ2n) is 4.70. The van der Waals surface area contributed by atoms with Crippen LogP contribution in [0.4, 0.5) is 5.95 Å². The van der Waals surface area contributed by atoms with E-state index in [1.165, 1.54) is 0 Å². The van der Waals surface area contributed by atoms with Crippen molar-refractivity contribution in [1.82, 2.24) is 9.97 Å². The maximum Gasteiger partial charge on any atom is 0.326 e. The van der Waals surface area contributed by atoms with Crippen LogP contribution in [0.2, 0.25) is 0 Å². The minimum atomic E-state index is -0.920. The molecular formula is C15H17N3O2. The summed E-state index contributed by atoms with van der Waals surface area (Å²) in [5, 5.41) is 12.2. The van der Waals surface area contributed by atoms with Crippen LogP contribution in [0.3, 0.4) is 0 Å². The van der Waals surface area contributed by atoms with Gasteiger partial charge in [-0.1, -0.05) is 30.3 Å². The Morgan fingerprint density at radius 1 is 1.20 bits per heavy atom. The summed E-state index contributed by atoms with van der Waals surface area (Å²) in [6.07, 6.45) is 0.381. The largest absolute Gasteiger partial charge is 0.480 e. The topological polar surface area (TPSA) is 75.1 Å². The first-order valence-corrected chi connectivity index (χ1v) is 6.40. The number of aromatic nitrogens is 2. The SMILES string of the molecule is Cc1cc(C)nc(N[C@@H](Cc2ccccc2)C(=O)O)n1. The standard InChI is InChI=1S/C15H17N3O2/c1-10-8-11(2)17-15(16-10)18-13(14(19)20)9-12-6-4-3-5-7-12/h3-8,13H,9H2,1-2H3,(H,19,20)(H,16,17,18)/t13-/m0/s1. The quantitative estimate of drug-likeness (QED) is 0.872. The van der Waals surface area contributed by atoms with Gasteiger partial charge >= 0.3 is 5.97 Å². The Hall–Kier alpha value is -2.43. The molecule has 5 nitrogen and oxygen atoms in total. The first-order chi connectivity index (χ1) is 9.54. The number of anilines is 1. The normalized spacial score (nSPS) is 11.9. The van der Waals surface area contributed by atoms with Gasteiger partial charge in [0.05, 0.1) is 0 Å². The second-order valence-corrected chi connectivity index (χ2v) is 4.70. The zero-order valence-corrected chi connectivity index (χ0v) is 11.5. The highest BCUT2D eigenvalue weighted by Gasteiger charge is 2.19. The Morgan fingerprint density at radius 2 is 1.80 bits per heavy atom. The van der Waals surface area contributed by atoms with Crippen molar-refractivity contribution in [2.75, 3.05) is 5.32 Å². The molecule has 0 spiro atoms. The van der Waals surface area contributed by atoms with Gasteiger partial charge in [0.1, 0.15) is 6.04 Å². The third kappa shape index (κ3) is 3.78. The average Bonchev–Trinajstić information content (AvgIpc) is 2.38. The van der Waals surface area contributed by atoms with Crippen LogP contribution in [0.5, 0.6) is 0 Å². The molecule has 5 heteroatoms. The van der Waals surface area contributed by atoms with Crippen molar-refractivity contribution in [2.45, 2.75) is 26.3 Å². The van der Waals surface area contributed by atoms with Crippen LogP contribution in [-0.4, -0.2) is 27.1 Å². The Labute approximate surface area is 117 Å². The lowest BCUT2D eigenvalue weighted by Crippen LogP contribution is -2.32. The number of carboxylic acids is 1. The summed E-state index contributed by atoms with van der Waals surface area (Å²) in [5.41, 5.74) is 2.57. The highest BCUT2D eigenvalue weighted by atomic mass is 16.4.